The number of hydrogen-bond acceptors (Lipinski definition) is 3. The summed E-state index contributed by atoms with van der Waals surface area (Å²) in [6.45, 7) is 3.74. The predicted octanol–water partition coefficient (Wildman–Crippen LogP) is 1.88. The van der Waals surface area contributed by atoms with E-state index in [4.69, 9.17) is 0 Å². The molecule has 3 atom stereocenters. The van der Waals surface area contributed by atoms with Gasteiger partial charge in [-0.3, -0.25) is 15.0 Å². The quantitative estimate of drug-likeness (QED) is 0.806. The topological polar surface area (TPSA) is 63.9 Å². The number of hydrogen-bond donors (Lipinski definition) is 3. The van der Waals surface area contributed by atoms with Crippen LogP contribution in [0.25, 0.3) is 11.3 Å². The SMILES string of the molecule is O=c1cc(-c2ccc(NC3CCN4CCC3C4)cc2)[nH][nH]1. The van der Waals surface area contributed by atoms with E-state index in [1.165, 1.54) is 38.2 Å². The highest BCUT2D eigenvalue weighted by molar-refractivity contribution is 5.62. The number of aromatic amines is 2. The van der Waals surface area contributed by atoms with Crippen molar-refractivity contribution in [1.82, 2.24) is 15.1 Å². The normalized spacial score (nSPS) is 27.7. The Hall–Kier alpha value is -2.01. The summed E-state index contributed by atoms with van der Waals surface area (Å²) < 4.78 is 0. The lowest BCUT2D eigenvalue weighted by molar-refractivity contribution is 0.255. The molecule has 2 aliphatic heterocycles. The largest absolute Gasteiger partial charge is 0.382 e. The van der Waals surface area contributed by atoms with Crippen molar-refractivity contribution in [1.29, 1.82) is 0 Å². The summed E-state index contributed by atoms with van der Waals surface area (Å²) in [6, 6.07) is 10.5. The molecule has 21 heavy (non-hydrogen) atoms. The fraction of sp³-hybridized carbons (Fsp3) is 0.438. The van der Waals surface area contributed by atoms with Crippen molar-refractivity contribution in [3.63, 3.8) is 0 Å². The number of nitrogens with zero attached hydrogens (tertiary/aromatic N) is 1. The Morgan fingerprint density at radius 2 is 1.90 bits per heavy atom. The number of aromatic nitrogens is 2. The fourth-order valence-corrected chi connectivity index (χ4v) is 3.59. The van der Waals surface area contributed by atoms with Crippen molar-refractivity contribution in [2.24, 2.45) is 5.92 Å². The van der Waals surface area contributed by atoms with Crippen molar-refractivity contribution >= 4 is 5.69 Å². The number of fused-ring (bicyclic) bond motifs is 2. The molecule has 3 heterocycles. The van der Waals surface area contributed by atoms with Crippen LogP contribution < -0.4 is 10.9 Å². The molecule has 5 nitrogen and oxygen atoms in total. The van der Waals surface area contributed by atoms with Crippen molar-refractivity contribution < 1.29 is 0 Å². The number of H-pyrrole nitrogens is 2. The van der Waals surface area contributed by atoms with Gasteiger partial charge >= 0.3 is 0 Å². The smallest absolute Gasteiger partial charge is 0.264 e. The lowest BCUT2D eigenvalue weighted by atomic mass is 9.94. The van der Waals surface area contributed by atoms with E-state index in [2.05, 4.69) is 32.5 Å². The average molecular weight is 284 g/mol. The Morgan fingerprint density at radius 1 is 1.10 bits per heavy atom. The average Bonchev–Trinajstić information content (AvgIpc) is 3.10. The van der Waals surface area contributed by atoms with Crippen LogP contribution in [-0.2, 0) is 0 Å². The number of anilines is 1. The maximum atomic E-state index is 11.2. The standard InChI is InChI=1S/C16H20N4O/c21-16-9-15(18-19-16)11-1-3-13(4-2-11)17-14-6-8-20-7-5-12(14)10-20/h1-4,9,12,14,17H,5-8,10H2,(H2,18,19,21). The highest BCUT2D eigenvalue weighted by atomic mass is 16.1. The van der Waals surface area contributed by atoms with E-state index in [0.29, 0.717) is 6.04 Å². The summed E-state index contributed by atoms with van der Waals surface area (Å²) in [5, 5.41) is 9.13. The summed E-state index contributed by atoms with van der Waals surface area (Å²) in [5.74, 6) is 0.791. The van der Waals surface area contributed by atoms with Crippen LogP contribution in [0.3, 0.4) is 0 Å². The van der Waals surface area contributed by atoms with Gasteiger partial charge in [0.2, 0.25) is 0 Å². The summed E-state index contributed by atoms with van der Waals surface area (Å²) in [4.78, 5) is 13.7. The summed E-state index contributed by atoms with van der Waals surface area (Å²) in [7, 11) is 0. The zero-order valence-corrected chi connectivity index (χ0v) is 11.9. The first-order chi connectivity index (χ1) is 10.3. The first-order valence-corrected chi connectivity index (χ1v) is 7.65. The molecular formula is C16H20N4O. The maximum absolute atomic E-state index is 11.2. The van der Waals surface area contributed by atoms with Crippen molar-refractivity contribution in [3.05, 3.63) is 40.7 Å². The molecule has 2 aromatic rings. The number of nitrogens with one attached hydrogen (secondary N) is 3. The van der Waals surface area contributed by atoms with Crippen LogP contribution in [0.15, 0.2) is 35.1 Å². The molecule has 1 aromatic carbocycles. The minimum Gasteiger partial charge on any atom is -0.382 e. The lowest BCUT2D eigenvalue weighted by Crippen LogP contribution is -2.39. The van der Waals surface area contributed by atoms with Crippen LogP contribution in [0.4, 0.5) is 5.69 Å². The van der Waals surface area contributed by atoms with Gasteiger partial charge in [0.15, 0.2) is 0 Å². The molecule has 0 saturated carbocycles. The van der Waals surface area contributed by atoms with Crippen LogP contribution in [-0.4, -0.2) is 40.8 Å². The van der Waals surface area contributed by atoms with E-state index in [-0.39, 0.29) is 5.56 Å². The van der Waals surface area contributed by atoms with Gasteiger partial charge in [0.25, 0.3) is 5.56 Å². The predicted molar refractivity (Wildman–Crippen MR) is 83.4 cm³/mol. The molecule has 2 fully saturated rings. The molecule has 4 rings (SSSR count). The van der Waals surface area contributed by atoms with Crippen molar-refractivity contribution in [3.8, 4) is 11.3 Å². The summed E-state index contributed by atoms with van der Waals surface area (Å²) in [5.41, 5.74) is 2.92. The van der Waals surface area contributed by atoms with Gasteiger partial charge in [-0.15, -0.1) is 0 Å². The zero-order chi connectivity index (χ0) is 14.2. The minimum absolute atomic E-state index is 0.0970. The third-order valence-electron chi connectivity index (χ3n) is 4.78. The summed E-state index contributed by atoms with van der Waals surface area (Å²) in [6.07, 6.45) is 2.55. The van der Waals surface area contributed by atoms with Crippen LogP contribution in [0.2, 0.25) is 0 Å². The molecule has 2 aliphatic rings. The maximum Gasteiger partial charge on any atom is 0.264 e. The molecule has 2 saturated heterocycles. The lowest BCUT2D eigenvalue weighted by Gasteiger charge is -2.31. The molecule has 3 N–H and O–H groups in total. The number of benzene rings is 1. The van der Waals surface area contributed by atoms with Crippen molar-refractivity contribution in [2.75, 3.05) is 25.0 Å². The van der Waals surface area contributed by atoms with Crippen LogP contribution in [0, 0.1) is 5.92 Å². The fourth-order valence-electron chi connectivity index (χ4n) is 3.59. The number of piperidine rings is 1. The van der Waals surface area contributed by atoms with Gasteiger partial charge in [0, 0.05) is 30.9 Å². The Kier molecular flexibility index (Phi) is 3.07. The molecule has 3 unspecified atom stereocenters. The first kappa shape index (κ1) is 12.7. The van der Waals surface area contributed by atoms with Gasteiger partial charge in [-0.25, -0.2) is 0 Å². The molecule has 110 valence electrons. The number of rotatable bonds is 3. The van der Waals surface area contributed by atoms with Gasteiger partial charge in [0.05, 0.1) is 5.69 Å². The summed E-state index contributed by atoms with van der Waals surface area (Å²) >= 11 is 0. The molecule has 0 radical (unpaired) electrons. The van der Waals surface area contributed by atoms with E-state index in [1.54, 1.807) is 6.07 Å². The van der Waals surface area contributed by atoms with Gasteiger partial charge < -0.3 is 10.2 Å². The minimum atomic E-state index is -0.0970. The third kappa shape index (κ3) is 2.49. The van der Waals surface area contributed by atoms with E-state index < -0.39 is 0 Å². The van der Waals surface area contributed by atoms with E-state index in [0.717, 1.165) is 17.2 Å². The van der Waals surface area contributed by atoms with E-state index in [9.17, 15) is 4.79 Å². The molecule has 0 aliphatic carbocycles. The van der Waals surface area contributed by atoms with Crippen LogP contribution >= 0.6 is 0 Å². The van der Waals surface area contributed by atoms with Gasteiger partial charge in [0.1, 0.15) is 0 Å². The van der Waals surface area contributed by atoms with Crippen molar-refractivity contribution in [2.45, 2.75) is 18.9 Å². The second-order valence-corrected chi connectivity index (χ2v) is 6.14. The molecule has 1 aromatic heterocycles. The zero-order valence-electron chi connectivity index (χ0n) is 11.9. The second-order valence-electron chi connectivity index (χ2n) is 6.14. The van der Waals surface area contributed by atoms with Crippen LogP contribution in [0.5, 0.6) is 0 Å². The van der Waals surface area contributed by atoms with Gasteiger partial charge in [-0.05, 0) is 43.0 Å². The van der Waals surface area contributed by atoms with Gasteiger partial charge in [-0.1, -0.05) is 12.1 Å². The molecule has 5 heteroatoms. The Balaban J connectivity index is 1.47. The molecule has 0 amide bonds. The second kappa shape index (κ2) is 5.07. The monoisotopic (exact) mass is 284 g/mol. The third-order valence-corrected chi connectivity index (χ3v) is 4.78. The highest BCUT2D eigenvalue weighted by Gasteiger charge is 2.33. The van der Waals surface area contributed by atoms with Crippen LogP contribution in [0.1, 0.15) is 12.8 Å². The van der Waals surface area contributed by atoms with E-state index in [1.807, 2.05) is 12.1 Å². The van der Waals surface area contributed by atoms with E-state index >= 15 is 0 Å². The molecular weight excluding hydrogens is 264 g/mol. The molecule has 2 bridgehead atoms. The first-order valence-electron chi connectivity index (χ1n) is 7.65. The Labute approximate surface area is 123 Å². The Bertz CT molecular complexity index is 672. The molecule has 0 spiro atoms. The Morgan fingerprint density at radius 3 is 2.67 bits per heavy atom. The highest BCUT2D eigenvalue weighted by Crippen LogP contribution is 2.29. The van der Waals surface area contributed by atoms with Gasteiger partial charge in [-0.2, -0.15) is 0 Å².